The summed E-state index contributed by atoms with van der Waals surface area (Å²) < 4.78 is 17.3. The largest absolute Gasteiger partial charge is 0.496 e. The molecule has 0 aliphatic heterocycles. The molecule has 38 heavy (non-hydrogen) atoms. The van der Waals surface area contributed by atoms with Gasteiger partial charge < -0.3 is 19.5 Å². The number of nitrogen functional groups attached to an aromatic ring is 1. The summed E-state index contributed by atoms with van der Waals surface area (Å²) in [5, 5.41) is 22.4. The minimum atomic E-state index is -0.607. The number of furan rings is 1. The van der Waals surface area contributed by atoms with Crippen molar-refractivity contribution in [3.63, 3.8) is 0 Å². The minimum absolute atomic E-state index is 0.0412. The Morgan fingerprint density at radius 3 is 2.84 bits per heavy atom. The Balaban J connectivity index is 1.33. The standard InChI is InChI=1S/C23H17ClN8O6/c1-36-19-9-17(32(34)35)14(24)8-13(19)18-7-6-12(37-18)10-26-28-20(33)11-31-16-5-3-2-4-15(16)27-23(31)21-22(25)30-38-29-21/h2-10H,11H2,1H3,(H2,25,30)(H,28,33)/b26-10+. The number of nitro groups is 1. The van der Waals surface area contributed by atoms with Crippen molar-refractivity contribution in [1.82, 2.24) is 25.3 Å². The Hall–Kier alpha value is -5.24. The van der Waals surface area contributed by atoms with E-state index in [1.807, 2.05) is 12.1 Å². The molecule has 3 aromatic heterocycles. The van der Waals surface area contributed by atoms with Gasteiger partial charge in [0.1, 0.15) is 28.8 Å². The number of halogens is 1. The van der Waals surface area contributed by atoms with Crippen LogP contribution < -0.4 is 15.9 Å². The van der Waals surface area contributed by atoms with Gasteiger partial charge in [0, 0.05) is 0 Å². The molecule has 0 aliphatic rings. The van der Waals surface area contributed by atoms with E-state index in [2.05, 4.69) is 30.5 Å². The summed E-state index contributed by atoms with van der Waals surface area (Å²) in [5.41, 5.74) is 9.90. The summed E-state index contributed by atoms with van der Waals surface area (Å²) in [5.74, 6) is 0.733. The van der Waals surface area contributed by atoms with Crippen LogP contribution in [0, 0.1) is 10.1 Å². The van der Waals surface area contributed by atoms with Crippen molar-refractivity contribution in [2.45, 2.75) is 6.54 Å². The number of carbonyl (C=O) groups excluding carboxylic acids is 1. The van der Waals surface area contributed by atoms with Gasteiger partial charge in [-0.15, -0.1) is 0 Å². The number of rotatable bonds is 8. The maximum absolute atomic E-state index is 12.7. The summed E-state index contributed by atoms with van der Waals surface area (Å²) in [6.45, 7) is -0.151. The SMILES string of the molecule is COc1cc([N+](=O)[O-])c(Cl)cc1-c1ccc(/C=N/NC(=O)Cn2c(-c3nonc3N)nc3ccccc32)o1. The number of aromatic nitrogens is 4. The van der Waals surface area contributed by atoms with Crippen molar-refractivity contribution < 1.29 is 23.5 Å². The molecule has 5 rings (SSSR count). The summed E-state index contributed by atoms with van der Waals surface area (Å²) >= 11 is 6.04. The molecule has 5 aromatic rings. The average Bonchev–Trinajstić information content (AvgIpc) is 3.63. The van der Waals surface area contributed by atoms with Crippen molar-refractivity contribution in [2.75, 3.05) is 12.8 Å². The Labute approximate surface area is 217 Å². The van der Waals surface area contributed by atoms with Gasteiger partial charge in [0.2, 0.25) is 0 Å². The van der Waals surface area contributed by atoms with Crippen molar-refractivity contribution in [3.05, 3.63) is 69.4 Å². The third kappa shape index (κ3) is 4.62. The smallest absolute Gasteiger partial charge is 0.291 e. The monoisotopic (exact) mass is 536 g/mol. The van der Waals surface area contributed by atoms with Crippen LogP contribution in [0.25, 0.3) is 33.9 Å². The number of amides is 1. The van der Waals surface area contributed by atoms with Crippen molar-refractivity contribution in [2.24, 2.45) is 5.10 Å². The van der Waals surface area contributed by atoms with E-state index < -0.39 is 10.8 Å². The number of methoxy groups -OCH3 is 1. The first-order valence-electron chi connectivity index (χ1n) is 10.8. The lowest BCUT2D eigenvalue weighted by Crippen LogP contribution is -2.23. The molecule has 14 nitrogen and oxygen atoms in total. The normalized spacial score (nSPS) is 11.3. The Kier molecular flexibility index (Phi) is 6.45. The topological polar surface area (TPSA) is 190 Å². The molecule has 0 saturated heterocycles. The van der Waals surface area contributed by atoms with Crippen LogP contribution in [0.15, 0.2) is 62.7 Å². The number of nitrogens with one attached hydrogen (secondary N) is 1. The molecule has 0 aliphatic carbocycles. The number of ether oxygens (including phenoxy) is 1. The van der Waals surface area contributed by atoms with E-state index in [-0.39, 0.29) is 34.5 Å². The van der Waals surface area contributed by atoms with E-state index in [4.69, 9.17) is 26.5 Å². The molecule has 0 spiro atoms. The van der Waals surface area contributed by atoms with Gasteiger partial charge in [0.15, 0.2) is 17.3 Å². The van der Waals surface area contributed by atoms with E-state index in [0.717, 1.165) is 0 Å². The number of nitro benzene ring substituents is 1. The number of nitrogens with zero attached hydrogens (tertiary/aromatic N) is 6. The first-order valence-corrected chi connectivity index (χ1v) is 11.2. The van der Waals surface area contributed by atoms with E-state index in [9.17, 15) is 14.9 Å². The maximum atomic E-state index is 12.7. The second-order valence-electron chi connectivity index (χ2n) is 7.76. The molecule has 3 heterocycles. The molecule has 192 valence electrons. The van der Waals surface area contributed by atoms with Crippen LogP contribution in [-0.4, -0.2) is 44.0 Å². The fourth-order valence-corrected chi connectivity index (χ4v) is 3.96. The lowest BCUT2D eigenvalue weighted by Gasteiger charge is -2.07. The fraction of sp³-hybridized carbons (Fsp3) is 0.0870. The molecule has 0 radical (unpaired) electrons. The van der Waals surface area contributed by atoms with Crippen LogP contribution in [0.1, 0.15) is 5.76 Å². The number of hydrogen-bond acceptors (Lipinski definition) is 11. The van der Waals surface area contributed by atoms with Gasteiger partial charge in [-0.3, -0.25) is 14.9 Å². The molecular formula is C23H17ClN8O6. The van der Waals surface area contributed by atoms with Crippen LogP contribution >= 0.6 is 11.6 Å². The second kappa shape index (κ2) is 10.0. The number of anilines is 1. The fourth-order valence-electron chi connectivity index (χ4n) is 3.72. The first-order chi connectivity index (χ1) is 18.4. The zero-order valence-electron chi connectivity index (χ0n) is 19.5. The average molecular weight is 537 g/mol. The molecule has 0 atom stereocenters. The Morgan fingerprint density at radius 1 is 1.29 bits per heavy atom. The van der Waals surface area contributed by atoms with Crippen molar-refractivity contribution in [1.29, 1.82) is 0 Å². The molecule has 1 amide bonds. The van der Waals surface area contributed by atoms with E-state index in [1.165, 1.54) is 25.5 Å². The number of nitrogens with two attached hydrogens (primary N) is 1. The van der Waals surface area contributed by atoms with Gasteiger partial charge in [-0.1, -0.05) is 23.7 Å². The quantitative estimate of drug-likeness (QED) is 0.168. The molecule has 0 bridgehead atoms. The molecule has 0 fully saturated rings. The van der Waals surface area contributed by atoms with Gasteiger partial charge >= 0.3 is 0 Å². The molecule has 3 N–H and O–H groups in total. The predicted octanol–water partition coefficient (Wildman–Crippen LogP) is 3.65. The third-order valence-electron chi connectivity index (χ3n) is 5.42. The molecule has 2 aromatic carbocycles. The van der Waals surface area contributed by atoms with Gasteiger partial charge in [-0.2, -0.15) is 5.10 Å². The number of imidazole rings is 1. The minimum Gasteiger partial charge on any atom is -0.496 e. The highest BCUT2D eigenvalue weighted by atomic mass is 35.5. The zero-order chi connectivity index (χ0) is 26.8. The lowest BCUT2D eigenvalue weighted by atomic mass is 10.1. The van der Waals surface area contributed by atoms with Gasteiger partial charge in [-0.05, 0) is 40.6 Å². The number of para-hydroxylation sites is 2. The number of hydrogen-bond donors (Lipinski definition) is 2. The summed E-state index contributed by atoms with van der Waals surface area (Å²) in [7, 11) is 1.37. The van der Waals surface area contributed by atoms with Crippen LogP contribution in [-0.2, 0) is 11.3 Å². The summed E-state index contributed by atoms with van der Waals surface area (Å²) in [6, 6.07) is 13.0. The molecule has 15 heteroatoms. The first kappa shape index (κ1) is 24.5. The van der Waals surface area contributed by atoms with E-state index >= 15 is 0 Å². The maximum Gasteiger partial charge on any atom is 0.291 e. The van der Waals surface area contributed by atoms with E-state index in [1.54, 1.807) is 28.8 Å². The van der Waals surface area contributed by atoms with Gasteiger partial charge in [-0.25, -0.2) is 15.0 Å². The van der Waals surface area contributed by atoms with Crippen molar-refractivity contribution in [3.8, 4) is 28.6 Å². The summed E-state index contributed by atoms with van der Waals surface area (Å²) in [4.78, 5) is 27.7. The molecule has 0 unspecified atom stereocenters. The number of carbonyl (C=O) groups is 1. The predicted molar refractivity (Wildman–Crippen MR) is 136 cm³/mol. The second-order valence-corrected chi connectivity index (χ2v) is 8.17. The van der Waals surface area contributed by atoms with Crippen molar-refractivity contribution >= 4 is 46.3 Å². The highest BCUT2D eigenvalue weighted by molar-refractivity contribution is 6.33. The van der Waals surface area contributed by atoms with E-state index in [0.29, 0.717) is 33.9 Å². The van der Waals surface area contributed by atoms with Crippen LogP contribution in [0.5, 0.6) is 5.75 Å². The molecule has 0 saturated carbocycles. The Bertz CT molecular complexity index is 1710. The van der Waals surface area contributed by atoms with Crippen LogP contribution in [0.2, 0.25) is 5.02 Å². The number of benzene rings is 2. The lowest BCUT2D eigenvalue weighted by molar-refractivity contribution is -0.384. The van der Waals surface area contributed by atoms with Gasteiger partial charge in [0.25, 0.3) is 11.6 Å². The number of fused-ring (bicyclic) bond motifs is 1. The van der Waals surface area contributed by atoms with Crippen LogP contribution in [0.3, 0.4) is 0 Å². The highest BCUT2D eigenvalue weighted by Crippen LogP contribution is 2.38. The van der Waals surface area contributed by atoms with Crippen LogP contribution in [0.4, 0.5) is 11.5 Å². The highest BCUT2D eigenvalue weighted by Gasteiger charge is 2.21. The zero-order valence-corrected chi connectivity index (χ0v) is 20.2. The van der Waals surface area contributed by atoms with Gasteiger partial charge in [0.05, 0.1) is 40.9 Å². The molecular weight excluding hydrogens is 520 g/mol. The summed E-state index contributed by atoms with van der Waals surface area (Å²) in [6.07, 6.45) is 1.30. The number of hydrazone groups is 1. The third-order valence-corrected chi connectivity index (χ3v) is 5.72. The Morgan fingerprint density at radius 2 is 2.11 bits per heavy atom.